The fourth-order valence-electron chi connectivity index (χ4n) is 3.03. The largest absolute Gasteiger partial charge is 0.392 e. The number of H-pyrrole nitrogens is 1. The number of nitrogens with zero attached hydrogens (tertiary/aromatic N) is 2. The van der Waals surface area contributed by atoms with Crippen LogP contribution in [0.15, 0.2) is 42.6 Å². The van der Waals surface area contributed by atoms with Gasteiger partial charge < -0.3 is 10.4 Å². The SMILES string of the molecule is O=C(Cc1ccn[nH]1)NCC1CC(O)CN1Cc1ccccc1. The number of hydrogen-bond acceptors (Lipinski definition) is 4. The highest BCUT2D eigenvalue weighted by atomic mass is 16.3. The molecule has 1 aliphatic heterocycles. The zero-order chi connectivity index (χ0) is 16.1. The molecule has 6 nitrogen and oxygen atoms in total. The number of aromatic nitrogens is 2. The van der Waals surface area contributed by atoms with Gasteiger partial charge in [-0.1, -0.05) is 30.3 Å². The molecular weight excluding hydrogens is 292 g/mol. The molecule has 3 N–H and O–H groups in total. The minimum absolute atomic E-state index is 0.0321. The van der Waals surface area contributed by atoms with Crippen LogP contribution < -0.4 is 5.32 Å². The molecule has 0 aliphatic carbocycles. The number of nitrogens with one attached hydrogen (secondary N) is 2. The van der Waals surface area contributed by atoms with Gasteiger partial charge in [0.2, 0.25) is 5.91 Å². The summed E-state index contributed by atoms with van der Waals surface area (Å²) < 4.78 is 0. The van der Waals surface area contributed by atoms with Crippen molar-refractivity contribution in [2.24, 2.45) is 0 Å². The summed E-state index contributed by atoms with van der Waals surface area (Å²) in [5.74, 6) is -0.0321. The highest BCUT2D eigenvalue weighted by molar-refractivity contribution is 5.78. The number of amides is 1. The van der Waals surface area contributed by atoms with Gasteiger partial charge in [-0.3, -0.25) is 14.8 Å². The van der Waals surface area contributed by atoms with Crippen molar-refractivity contribution in [2.75, 3.05) is 13.1 Å². The number of hydrogen-bond donors (Lipinski definition) is 3. The second kappa shape index (κ2) is 7.39. The van der Waals surface area contributed by atoms with Crippen LogP contribution in [0.2, 0.25) is 0 Å². The Balaban J connectivity index is 1.52. The molecule has 1 aromatic heterocycles. The second-order valence-corrected chi connectivity index (χ2v) is 6.02. The number of aliphatic hydroxyl groups excluding tert-OH is 1. The zero-order valence-corrected chi connectivity index (χ0v) is 13.0. The quantitative estimate of drug-likeness (QED) is 0.733. The van der Waals surface area contributed by atoms with Gasteiger partial charge in [0.15, 0.2) is 0 Å². The van der Waals surface area contributed by atoms with Crippen molar-refractivity contribution in [1.29, 1.82) is 0 Å². The molecule has 1 fully saturated rings. The molecule has 2 atom stereocenters. The van der Waals surface area contributed by atoms with Crippen molar-refractivity contribution in [1.82, 2.24) is 20.4 Å². The summed E-state index contributed by atoms with van der Waals surface area (Å²) in [5.41, 5.74) is 2.02. The number of aromatic amines is 1. The van der Waals surface area contributed by atoms with E-state index in [1.807, 2.05) is 18.2 Å². The third-order valence-electron chi connectivity index (χ3n) is 4.18. The fraction of sp³-hybridized carbons (Fsp3) is 0.412. The summed E-state index contributed by atoms with van der Waals surface area (Å²) in [7, 11) is 0. The maximum atomic E-state index is 12.0. The van der Waals surface area contributed by atoms with Gasteiger partial charge in [-0.05, 0) is 18.1 Å². The summed E-state index contributed by atoms with van der Waals surface area (Å²) in [6, 6.07) is 12.1. The van der Waals surface area contributed by atoms with Crippen molar-refractivity contribution < 1.29 is 9.90 Å². The van der Waals surface area contributed by atoms with Gasteiger partial charge in [-0.2, -0.15) is 5.10 Å². The van der Waals surface area contributed by atoms with Gasteiger partial charge in [0.25, 0.3) is 0 Å². The maximum Gasteiger partial charge on any atom is 0.226 e. The van der Waals surface area contributed by atoms with Crippen LogP contribution in [0, 0.1) is 0 Å². The monoisotopic (exact) mass is 314 g/mol. The van der Waals surface area contributed by atoms with E-state index in [1.165, 1.54) is 5.56 Å². The molecule has 2 aromatic rings. The molecule has 2 unspecified atom stereocenters. The number of benzene rings is 1. The Morgan fingerprint density at radius 3 is 2.91 bits per heavy atom. The number of aliphatic hydroxyl groups is 1. The molecule has 0 radical (unpaired) electrons. The molecule has 23 heavy (non-hydrogen) atoms. The van der Waals surface area contributed by atoms with Crippen LogP contribution in [-0.4, -0.2) is 51.3 Å². The molecule has 1 aliphatic rings. The van der Waals surface area contributed by atoms with Crippen LogP contribution in [0.25, 0.3) is 0 Å². The predicted octanol–water partition coefficient (Wildman–Crippen LogP) is 0.704. The van der Waals surface area contributed by atoms with Gasteiger partial charge >= 0.3 is 0 Å². The van der Waals surface area contributed by atoms with Crippen LogP contribution in [0.5, 0.6) is 0 Å². The Labute approximate surface area is 135 Å². The average molecular weight is 314 g/mol. The maximum absolute atomic E-state index is 12.0. The lowest BCUT2D eigenvalue weighted by atomic mass is 10.1. The number of carbonyl (C=O) groups excluding carboxylic acids is 1. The van der Waals surface area contributed by atoms with Gasteiger partial charge in [-0.15, -0.1) is 0 Å². The third-order valence-corrected chi connectivity index (χ3v) is 4.18. The topological polar surface area (TPSA) is 81.2 Å². The van der Waals surface area contributed by atoms with E-state index in [1.54, 1.807) is 12.3 Å². The van der Waals surface area contributed by atoms with Crippen molar-refractivity contribution in [3.8, 4) is 0 Å². The normalized spacial score (nSPS) is 21.4. The molecule has 1 aromatic carbocycles. The van der Waals surface area contributed by atoms with Crippen LogP contribution >= 0.6 is 0 Å². The van der Waals surface area contributed by atoms with Gasteiger partial charge in [0.05, 0.1) is 12.5 Å². The van der Waals surface area contributed by atoms with E-state index < -0.39 is 0 Å². The van der Waals surface area contributed by atoms with Crippen molar-refractivity contribution in [3.63, 3.8) is 0 Å². The molecular formula is C17H22N4O2. The second-order valence-electron chi connectivity index (χ2n) is 6.02. The predicted molar refractivity (Wildman–Crippen MR) is 86.6 cm³/mol. The van der Waals surface area contributed by atoms with Gasteiger partial charge in [-0.25, -0.2) is 0 Å². The van der Waals surface area contributed by atoms with Crippen molar-refractivity contribution >= 4 is 5.91 Å². The molecule has 2 heterocycles. The smallest absolute Gasteiger partial charge is 0.226 e. The van der Waals surface area contributed by atoms with Gasteiger partial charge in [0, 0.05) is 37.6 Å². The first-order valence-electron chi connectivity index (χ1n) is 7.91. The van der Waals surface area contributed by atoms with E-state index in [2.05, 4.69) is 32.5 Å². The summed E-state index contributed by atoms with van der Waals surface area (Å²) >= 11 is 0. The first-order chi connectivity index (χ1) is 11.2. The zero-order valence-electron chi connectivity index (χ0n) is 13.0. The summed E-state index contributed by atoms with van der Waals surface area (Å²) in [4.78, 5) is 14.2. The fourth-order valence-corrected chi connectivity index (χ4v) is 3.03. The summed E-state index contributed by atoms with van der Waals surface area (Å²) in [5, 5.41) is 19.5. The number of likely N-dealkylation sites (tertiary alicyclic amines) is 1. The lowest BCUT2D eigenvalue weighted by Crippen LogP contribution is -2.40. The van der Waals surface area contributed by atoms with E-state index in [4.69, 9.17) is 0 Å². The van der Waals surface area contributed by atoms with Crippen LogP contribution in [0.3, 0.4) is 0 Å². The molecule has 0 bridgehead atoms. The Kier molecular flexibility index (Phi) is 5.05. The lowest BCUT2D eigenvalue weighted by Gasteiger charge is -2.24. The van der Waals surface area contributed by atoms with Crippen LogP contribution in [0.4, 0.5) is 0 Å². The highest BCUT2D eigenvalue weighted by Crippen LogP contribution is 2.20. The lowest BCUT2D eigenvalue weighted by molar-refractivity contribution is -0.120. The Morgan fingerprint density at radius 1 is 1.35 bits per heavy atom. The standard InChI is InChI=1S/C17H22N4O2/c22-16-9-15(10-18-17(23)8-14-6-7-19-20-14)21(12-16)11-13-4-2-1-3-5-13/h1-7,15-16,22H,8-12H2,(H,18,23)(H,19,20). The molecule has 0 spiro atoms. The van der Waals surface area contributed by atoms with Crippen LogP contribution in [-0.2, 0) is 17.8 Å². The molecule has 1 amide bonds. The summed E-state index contributed by atoms with van der Waals surface area (Å²) in [6.45, 7) is 1.99. The number of rotatable bonds is 6. The minimum Gasteiger partial charge on any atom is -0.392 e. The Morgan fingerprint density at radius 2 is 2.17 bits per heavy atom. The molecule has 0 saturated carbocycles. The molecule has 1 saturated heterocycles. The third kappa shape index (κ3) is 4.40. The first kappa shape index (κ1) is 15.7. The van der Waals surface area contributed by atoms with Gasteiger partial charge in [0.1, 0.15) is 0 Å². The Bertz CT molecular complexity index is 615. The first-order valence-corrected chi connectivity index (χ1v) is 7.91. The van der Waals surface area contributed by atoms with Crippen molar-refractivity contribution in [2.45, 2.75) is 31.5 Å². The Hall–Kier alpha value is -2.18. The van der Waals surface area contributed by atoms with E-state index in [0.29, 0.717) is 25.9 Å². The van der Waals surface area contributed by atoms with Crippen molar-refractivity contribution in [3.05, 3.63) is 53.9 Å². The molecule has 122 valence electrons. The summed E-state index contributed by atoms with van der Waals surface area (Å²) in [6.07, 6.45) is 2.30. The average Bonchev–Trinajstić information content (AvgIpc) is 3.16. The molecule has 6 heteroatoms. The number of carbonyl (C=O) groups is 1. The van der Waals surface area contributed by atoms with Crippen LogP contribution in [0.1, 0.15) is 17.7 Å². The van der Waals surface area contributed by atoms with E-state index in [-0.39, 0.29) is 18.1 Å². The number of β-amino-alcohol motifs (C(OH)–C–C–N with tert-alkyl or cyclic N) is 1. The van der Waals surface area contributed by atoms with E-state index in [9.17, 15) is 9.90 Å². The highest BCUT2D eigenvalue weighted by Gasteiger charge is 2.30. The minimum atomic E-state index is -0.326. The van der Waals surface area contributed by atoms with E-state index >= 15 is 0 Å². The molecule has 3 rings (SSSR count). The van der Waals surface area contributed by atoms with E-state index in [0.717, 1.165) is 12.2 Å².